The van der Waals surface area contributed by atoms with Crippen LogP contribution in [0.1, 0.15) is 0 Å². The second-order valence-corrected chi connectivity index (χ2v) is 21.3. The number of aromatic nitrogens is 2. The van der Waals surface area contributed by atoms with E-state index in [9.17, 15) is 0 Å². The van der Waals surface area contributed by atoms with E-state index in [4.69, 9.17) is 0 Å². The van der Waals surface area contributed by atoms with Crippen LogP contribution in [0.3, 0.4) is 0 Å². The number of hydrogen-bond donors (Lipinski definition) is 0. The van der Waals surface area contributed by atoms with Gasteiger partial charge in [-0.2, -0.15) is 0 Å². The third kappa shape index (κ3) is 4.22. The molecule has 0 N–H and O–H groups in total. The molecule has 0 amide bonds. The van der Waals surface area contributed by atoms with Crippen LogP contribution in [0.15, 0.2) is 218 Å². The lowest BCUT2D eigenvalue weighted by Gasteiger charge is -2.32. The highest BCUT2D eigenvalue weighted by Gasteiger charge is 2.48. The smallest absolute Gasteiger partial charge is 0.180 e. The molecule has 1 aliphatic heterocycles. The number of para-hydroxylation sites is 4. The first-order chi connectivity index (χ1) is 31.3. The van der Waals surface area contributed by atoms with Crippen LogP contribution >= 0.6 is 0 Å². The van der Waals surface area contributed by atoms with Gasteiger partial charge in [0.25, 0.3) is 0 Å². The molecule has 4 aromatic heterocycles. The van der Waals surface area contributed by atoms with Crippen molar-refractivity contribution >= 4 is 105 Å². The van der Waals surface area contributed by atoms with Gasteiger partial charge in [-0.15, -0.1) is 0 Å². The van der Waals surface area contributed by atoms with Gasteiger partial charge in [0, 0.05) is 43.1 Å². The molecule has 1 aliphatic rings. The van der Waals surface area contributed by atoms with Crippen molar-refractivity contribution in [3.05, 3.63) is 218 Å². The van der Waals surface area contributed by atoms with E-state index in [2.05, 4.69) is 227 Å². The summed E-state index contributed by atoms with van der Waals surface area (Å²) in [6.45, 7) is 0. The van der Waals surface area contributed by atoms with Gasteiger partial charge in [0.15, 0.2) is 8.07 Å². The molecule has 2 nitrogen and oxygen atoms in total. The van der Waals surface area contributed by atoms with E-state index in [1.807, 2.05) is 0 Å². The molecule has 63 heavy (non-hydrogen) atoms. The van der Waals surface area contributed by atoms with Crippen molar-refractivity contribution in [1.29, 1.82) is 0 Å². The number of benzene rings is 10. The Labute approximate surface area is 363 Å². The van der Waals surface area contributed by atoms with Gasteiger partial charge in [-0.1, -0.05) is 170 Å². The Kier molecular flexibility index (Phi) is 6.47. The minimum Gasteiger partial charge on any atom is -0.308 e. The van der Waals surface area contributed by atoms with Crippen LogP contribution in [0.2, 0.25) is 0 Å². The zero-order valence-electron chi connectivity index (χ0n) is 34.2. The van der Waals surface area contributed by atoms with Crippen LogP contribution in [0.5, 0.6) is 0 Å². The van der Waals surface area contributed by atoms with Crippen LogP contribution in [0.4, 0.5) is 0 Å². The predicted octanol–water partition coefficient (Wildman–Crippen LogP) is 12.7. The molecule has 290 valence electrons. The Morgan fingerprint density at radius 1 is 0.254 bits per heavy atom. The van der Waals surface area contributed by atoms with Gasteiger partial charge in [0.2, 0.25) is 0 Å². The molecule has 0 radical (unpaired) electrons. The molecule has 14 aromatic rings. The van der Waals surface area contributed by atoms with Crippen molar-refractivity contribution in [2.45, 2.75) is 0 Å². The first-order valence-electron chi connectivity index (χ1n) is 22.0. The lowest BCUT2D eigenvalue weighted by atomic mass is 9.99. The molecule has 0 spiro atoms. The summed E-state index contributed by atoms with van der Waals surface area (Å²) in [7, 11) is -2.87. The molecule has 0 saturated carbocycles. The molecule has 0 aliphatic carbocycles. The van der Waals surface area contributed by atoms with E-state index >= 15 is 0 Å². The van der Waals surface area contributed by atoms with Gasteiger partial charge in [-0.05, 0) is 103 Å². The topological polar surface area (TPSA) is 8.82 Å². The van der Waals surface area contributed by atoms with E-state index in [0.29, 0.717) is 0 Å². The van der Waals surface area contributed by atoms with Crippen molar-refractivity contribution in [2.24, 2.45) is 0 Å². The number of rotatable bonds is 4. The van der Waals surface area contributed by atoms with Gasteiger partial charge in [-0.3, -0.25) is 0 Å². The zero-order valence-corrected chi connectivity index (χ0v) is 35.2. The third-order valence-electron chi connectivity index (χ3n) is 14.6. The minimum absolute atomic E-state index is 1.25. The Balaban J connectivity index is 0.991. The third-order valence-corrected chi connectivity index (χ3v) is 19.5. The van der Waals surface area contributed by atoms with Crippen LogP contribution in [-0.2, 0) is 0 Å². The fourth-order valence-corrected chi connectivity index (χ4v) is 17.4. The van der Waals surface area contributed by atoms with Crippen LogP contribution < -0.4 is 20.7 Å². The summed E-state index contributed by atoms with van der Waals surface area (Å²) in [4.78, 5) is 0. The normalized spacial score (nSPS) is 13.5. The fraction of sp³-hybridized carbons (Fsp3) is 0. The molecule has 0 bridgehead atoms. The number of hydrogen-bond acceptors (Lipinski definition) is 0. The largest absolute Gasteiger partial charge is 0.308 e. The molecule has 3 heteroatoms. The van der Waals surface area contributed by atoms with Crippen molar-refractivity contribution in [2.75, 3.05) is 0 Å². The summed E-state index contributed by atoms with van der Waals surface area (Å²) in [5, 5.41) is 16.1. The second kappa shape index (κ2) is 12.1. The van der Waals surface area contributed by atoms with Crippen molar-refractivity contribution in [3.63, 3.8) is 0 Å². The summed E-state index contributed by atoms with van der Waals surface area (Å²) < 4.78 is 4.94. The van der Waals surface area contributed by atoms with Crippen LogP contribution in [-0.4, -0.2) is 16.9 Å². The first kappa shape index (κ1) is 33.7. The molecule has 0 atom stereocenters. The Morgan fingerprint density at radius 2 is 0.587 bits per heavy atom. The summed E-state index contributed by atoms with van der Waals surface area (Å²) in [5.74, 6) is 0. The number of fused-ring (bicyclic) bond motifs is 15. The summed E-state index contributed by atoms with van der Waals surface area (Å²) in [5.41, 5.74) is 15.4. The van der Waals surface area contributed by atoms with Crippen molar-refractivity contribution < 1.29 is 0 Å². The lowest BCUT2D eigenvalue weighted by molar-refractivity contribution is 1.37. The lowest BCUT2D eigenvalue weighted by Crippen LogP contribution is -2.72. The minimum atomic E-state index is -2.87. The average molecular weight is 813 g/mol. The van der Waals surface area contributed by atoms with E-state index in [1.54, 1.807) is 0 Å². The van der Waals surface area contributed by atoms with Gasteiger partial charge < -0.3 is 8.80 Å². The maximum atomic E-state index is 2.55. The van der Waals surface area contributed by atoms with Crippen molar-refractivity contribution in [3.8, 4) is 33.4 Å². The highest BCUT2D eigenvalue weighted by atomic mass is 28.3. The SMILES string of the molecule is c1cc(-c2cc3c4ccccc4n4c5ccccc5c(c2)c34)cc([Si]2(c3cccc(-c4cc5c6ccccc6n6c7ccccc7c(c4)c56)c3)c3ccccc3-c3ccccc32)c1. The molecule has 5 heterocycles. The van der Waals surface area contributed by atoms with Gasteiger partial charge >= 0.3 is 0 Å². The maximum absolute atomic E-state index is 2.87. The van der Waals surface area contributed by atoms with E-state index in [1.165, 1.54) is 130 Å². The van der Waals surface area contributed by atoms with Gasteiger partial charge in [0.05, 0.1) is 33.1 Å². The Hall–Kier alpha value is -7.98. The monoisotopic (exact) mass is 812 g/mol. The quantitative estimate of drug-likeness (QED) is 0.157. The van der Waals surface area contributed by atoms with E-state index in [-0.39, 0.29) is 0 Å². The van der Waals surface area contributed by atoms with E-state index in [0.717, 1.165) is 0 Å². The molecule has 0 fully saturated rings. The standard InChI is InChI=1S/C60H36N2Si/c1-7-25-53-43(19-1)49-33-39(34-50-44-20-2-8-26-54(44)61(53)59(49)50)37-15-13-17-41(31-37)63(57-29-11-5-23-47(57)48-24-6-12-30-58(48)63)42-18-14-16-38(32-42)40-35-51-45-21-3-9-27-55(45)62-56-28-10-4-22-46(56)52(36-40)60(51)62/h1-36H. The van der Waals surface area contributed by atoms with Gasteiger partial charge in [0.1, 0.15) is 0 Å². The Morgan fingerprint density at radius 3 is 0.968 bits per heavy atom. The van der Waals surface area contributed by atoms with Crippen molar-refractivity contribution in [1.82, 2.24) is 8.80 Å². The first-order valence-corrected chi connectivity index (χ1v) is 24.0. The Bertz CT molecular complexity index is 3780. The molecular weight excluding hydrogens is 777 g/mol. The summed E-state index contributed by atoms with van der Waals surface area (Å²) in [6, 6.07) is 83.1. The highest BCUT2D eigenvalue weighted by Crippen LogP contribution is 2.43. The summed E-state index contributed by atoms with van der Waals surface area (Å²) >= 11 is 0. The molecule has 0 unspecified atom stereocenters. The van der Waals surface area contributed by atoms with Crippen LogP contribution in [0, 0.1) is 0 Å². The zero-order chi connectivity index (χ0) is 41.0. The molecular formula is C60H36N2Si. The average Bonchev–Trinajstić information content (AvgIpc) is 4.14. The second-order valence-electron chi connectivity index (χ2n) is 17.6. The molecule has 15 rings (SSSR count). The summed E-state index contributed by atoms with van der Waals surface area (Å²) in [6.07, 6.45) is 0. The number of nitrogens with zero attached hydrogens (tertiary/aromatic N) is 2. The molecule has 10 aromatic carbocycles. The molecule has 0 saturated heterocycles. The fourth-order valence-electron chi connectivity index (χ4n) is 12.1. The van der Waals surface area contributed by atoms with Crippen LogP contribution in [0.25, 0.3) is 110 Å². The van der Waals surface area contributed by atoms with Gasteiger partial charge in [-0.25, -0.2) is 0 Å². The maximum Gasteiger partial charge on any atom is 0.180 e. The highest BCUT2D eigenvalue weighted by molar-refractivity contribution is 7.22. The van der Waals surface area contributed by atoms with E-state index < -0.39 is 8.07 Å². The predicted molar refractivity (Wildman–Crippen MR) is 269 cm³/mol.